The molecule has 0 heterocycles. The van der Waals surface area contributed by atoms with Crippen molar-refractivity contribution >= 4 is 6.47 Å². The molecule has 100 valence electrons. The monoisotopic (exact) mass is 256 g/mol. The van der Waals surface area contributed by atoms with E-state index in [-0.39, 0.29) is 11.5 Å². The number of rotatable bonds is 3. The fourth-order valence-corrected chi connectivity index (χ4v) is 5.47. The Morgan fingerprint density at radius 1 is 1.05 bits per heavy atom. The highest BCUT2D eigenvalue weighted by Crippen LogP contribution is 2.61. The lowest BCUT2D eigenvalue weighted by Gasteiger charge is -2.60. The van der Waals surface area contributed by atoms with Crippen LogP contribution in [-0.2, 0) is 14.9 Å². The van der Waals surface area contributed by atoms with Gasteiger partial charge in [0, 0.05) is 5.41 Å². The molecule has 0 aromatic heterocycles. The SMILES string of the molecule is O=CO[C@H]1C2C[C@@H]3C[C@H](C2)CC1(c1ccccc1)C3. The molecule has 4 bridgehead atoms. The zero-order chi connectivity index (χ0) is 12.9. The standard InChI is InChI=1S/C17H20O2/c18-11-19-16-14-7-12-6-13(8-14)10-17(16,9-12)15-4-2-1-3-5-15/h1-5,11-14,16H,6-10H2/t12-,13+,14?,16-,17?/m0/s1. The summed E-state index contributed by atoms with van der Waals surface area (Å²) in [7, 11) is 0. The molecule has 0 amide bonds. The molecule has 1 aromatic carbocycles. The summed E-state index contributed by atoms with van der Waals surface area (Å²) in [6, 6.07) is 10.8. The van der Waals surface area contributed by atoms with E-state index in [9.17, 15) is 4.79 Å². The van der Waals surface area contributed by atoms with Crippen LogP contribution in [0.4, 0.5) is 0 Å². The van der Waals surface area contributed by atoms with Crippen LogP contribution in [0.3, 0.4) is 0 Å². The number of hydrogen-bond donors (Lipinski definition) is 0. The predicted octanol–water partition coefficient (Wildman–Crippen LogP) is 3.31. The molecule has 0 saturated heterocycles. The lowest BCUT2D eigenvalue weighted by Crippen LogP contribution is -2.59. The highest BCUT2D eigenvalue weighted by atomic mass is 16.5. The molecule has 5 rings (SSSR count). The Bertz CT molecular complexity index is 467. The summed E-state index contributed by atoms with van der Waals surface area (Å²) in [5.41, 5.74) is 1.50. The van der Waals surface area contributed by atoms with Crippen LogP contribution >= 0.6 is 0 Å². The maximum atomic E-state index is 10.9. The van der Waals surface area contributed by atoms with E-state index in [2.05, 4.69) is 30.3 Å². The third-order valence-electron chi connectivity index (χ3n) is 5.77. The molecule has 2 heteroatoms. The third kappa shape index (κ3) is 1.58. The summed E-state index contributed by atoms with van der Waals surface area (Å²) in [6.45, 7) is 0.678. The topological polar surface area (TPSA) is 26.3 Å². The van der Waals surface area contributed by atoms with E-state index in [1.54, 1.807) is 0 Å². The largest absolute Gasteiger partial charge is 0.463 e. The van der Waals surface area contributed by atoms with Crippen molar-refractivity contribution in [1.29, 1.82) is 0 Å². The van der Waals surface area contributed by atoms with Gasteiger partial charge in [-0.1, -0.05) is 30.3 Å². The van der Waals surface area contributed by atoms with Crippen LogP contribution in [-0.4, -0.2) is 12.6 Å². The predicted molar refractivity (Wildman–Crippen MR) is 72.6 cm³/mol. The summed E-state index contributed by atoms with van der Waals surface area (Å²) >= 11 is 0. The normalized spacial score (nSPS) is 43.2. The van der Waals surface area contributed by atoms with E-state index in [1.165, 1.54) is 37.7 Å². The molecule has 4 aliphatic rings. The first-order chi connectivity index (χ1) is 9.32. The number of carbonyl (C=O) groups excluding carboxylic acids is 1. The maximum absolute atomic E-state index is 10.9. The van der Waals surface area contributed by atoms with E-state index in [1.807, 2.05) is 0 Å². The van der Waals surface area contributed by atoms with Gasteiger partial charge in [-0.25, -0.2) is 0 Å². The van der Waals surface area contributed by atoms with Gasteiger partial charge in [0.15, 0.2) is 0 Å². The molecule has 0 spiro atoms. The van der Waals surface area contributed by atoms with Crippen molar-refractivity contribution in [1.82, 2.24) is 0 Å². The minimum atomic E-state index is 0.108. The summed E-state index contributed by atoms with van der Waals surface area (Å²) in [6.07, 6.45) is 6.47. The molecule has 0 N–H and O–H groups in total. The van der Waals surface area contributed by atoms with Crippen LogP contribution in [0.15, 0.2) is 30.3 Å². The Morgan fingerprint density at radius 2 is 1.74 bits per heavy atom. The van der Waals surface area contributed by atoms with Gasteiger partial charge in [-0.3, -0.25) is 4.79 Å². The van der Waals surface area contributed by atoms with Crippen molar-refractivity contribution in [2.75, 3.05) is 0 Å². The van der Waals surface area contributed by atoms with E-state index >= 15 is 0 Å². The Balaban J connectivity index is 1.80. The van der Waals surface area contributed by atoms with E-state index < -0.39 is 0 Å². The zero-order valence-corrected chi connectivity index (χ0v) is 11.1. The van der Waals surface area contributed by atoms with Crippen LogP contribution in [0.1, 0.15) is 37.7 Å². The fraction of sp³-hybridized carbons (Fsp3) is 0.588. The minimum Gasteiger partial charge on any atom is -0.463 e. The molecule has 4 fully saturated rings. The zero-order valence-electron chi connectivity index (χ0n) is 11.1. The van der Waals surface area contributed by atoms with Gasteiger partial charge in [-0.15, -0.1) is 0 Å². The first kappa shape index (κ1) is 11.5. The second-order valence-electron chi connectivity index (χ2n) is 6.78. The number of ether oxygens (including phenoxy) is 1. The van der Waals surface area contributed by atoms with Crippen molar-refractivity contribution in [3.8, 4) is 0 Å². The van der Waals surface area contributed by atoms with Crippen molar-refractivity contribution in [2.24, 2.45) is 17.8 Å². The number of hydrogen-bond acceptors (Lipinski definition) is 2. The lowest BCUT2D eigenvalue weighted by molar-refractivity contribution is -0.163. The molecule has 4 aliphatic carbocycles. The smallest absolute Gasteiger partial charge is 0.293 e. The molecule has 0 aliphatic heterocycles. The molecular weight excluding hydrogens is 236 g/mol. The Labute approximate surface area is 114 Å². The number of benzene rings is 1. The van der Waals surface area contributed by atoms with Crippen molar-refractivity contribution in [3.63, 3.8) is 0 Å². The summed E-state index contributed by atoms with van der Waals surface area (Å²) in [5.74, 6) is 2.30. The van der Waals surface area contributed by atoms with E-state index in [0.29, 0.717) is 12.4 Å². The summed E-state index contributed by atoms with van der Waals surface area (Å²) in [4.78, 5) is 10.9. The molecule has 19 heavy (non-hydrogen) atoms. The van der Waals surface area contributed by atoms with Crippen molar-refractivity contribution in [2.45, 2.75) is 43.6 Å². The average molecular weight is 256 g/mol. The van der Waals surface area contributed by atoms with Crippen LogP contribution in [0.5, 0.6) is 0 Å². The van der Waals surface area contributed by atoms with Crippen LogP contribution in [0.2, 0.25) is 0 Å². The van der Waals surface area contributed by atoms with Crippen LogP contribution < -0.4 is 0 Å². The van der Waals surface area contributed by atoms with Crippen molar-refractivity contribution < 1.29 is 9.53 Å². The van der Waals surface area contributed by atoms with E-state index in [0.717, 1.165) is 11.8 Å². The summed E-state index contributed by atoms with van der Waals surface area (Å²) < 4.78 is 5.60. The Hall–Kier alpha value is -1.31. The van der Waals surface area contributed by atoms with Crippen molar-refractivity contribution in [3.05, 3.63) is 35.9 Å². The maximum Gasteiger partial charge on any atom is 0.293 e. The molecule has 2 nitrogen and oxygen atoms in total. The highest BCUT2D eigenvalue weighted by Gasteiger charge is 2.58. The molecule has 0 radical (unpaired) electrons. The summed E-state index contributed by atoms with van der Waals surface area (Å²) in [5, 5.41) is 0. The quantitative estimate of drug-likeness (QED) is 0.776. The molecule has 2 unspecified atom stereocenters. The molecule has 5 atom stereocenters. The third-order valence-corrected chi connectivity index (χ3v) is 5.77. The van der Waals surface area contributed by atoms with Gasteiger partial charge >= 0.3 is 0 Å². The van der Waals surface area contributed by atoms with Gasteiger partial charge in [-0.2, -0.15) is 0 Å². The second kappa shape index (κ2) is 4.09. The Morgan fingerprint density at radius 3 is 2.37 bits per heavy atom. The molecular formula is C17H20O2. The van der Waals surface area contributed by atoms with Gasteiger partial charge in [-0.05, 0) is 55.4 Å². The van der Waals surface area contributed by atoms with Gasteiger partial charge < -0.3 is 4.74 Å². The lowest BCUT2D eigenvalue weighted by atomic mass is 9.46. The first-order valence-corrected chi connectivity index (χ1v) is 7.46. The first-order valence-electron chi connectivity index (χ1n) is 7.46. The van der Waals surface area contributed by atoms with Crippen LogP contribution in [0.25, 0.3) is 0 Å². The van der Waals surface area contributed by atoms with Crippen LogP contribution in [0, 0.1) is 17.8 Å². The van der Waals surface area contributed by atoms with Gasteiger partial charge in [0.2, 0.25) is 0 Å². The molecule has 4 saturated carbocycles. The minimum absolute atomic E-state index is 0.108. The van der Waals surface area contributed by atoms with Gasteiger partial charge in [0.1, 0.15) is 6.10 Å². The van der Waals surface area contributed by atoms with Gasteiger partial charge in [0.25, 0.3) is 6.47 Å². The van der Waals surface area contributed by atoms with Gasteiger partial charge in [0.05, 0.1) is 0 Å². The molecule has 1 aromatic rings. The average Bonchev–Trinajstić information content (AvgIpc) is 2.43. The number of carbonyl (C=O) groups is 1. The fourth-order valence-electron chi connectivity index (χ4n) is 5.47. The second-order valence-corrected chi connectivity index (χ2v) is 6.78. The van der Waals surface area contributed by atoms with E-state index in [4.69, 9.17) is 4.74 Å². The highest BCUT2D eigenvalue weighted by molar-refractivity contribution is 5.40. The Kier molecular flexibility index (Phi) is 2.48.